The maximum absolute atomic E-state index is 11.4. The zero-order valence-electron chi connectivity index (χ0n) is 8.86. The van der Waals surface area contributed by atoms with E-state index in [2.05, 4.69) is 16.6 Å². The molecule has 0 fully saturated rings. The first-order valence-electron chi connectivity index (χ1n) is 5.00. The molecule has 0 aliphatic heterocycles. The number of nitrogens with zero attached hydrogens (tertiary/aromatic N) is 1. The summed E-state index contributed by atoms with van der Waals surface area (Å²) in [5.74, 6) is 1.15. The molecule has 15 heavy (non-hydrogen) atoms. The summed E-state index contributed by atoms with van der Waals surface area (Å²) < 4.78 is 0. The van der Waals surface area contributed by atoms with Gasteiger partial charge in [-0.25, -0.2) is 4.98 Å². The van der Waals surface area contributed by atoms with Crippen LogP contribution in [0.5, 0.6) is 0 Å². The van der Waals surface area contributed by atoms with Gasteiger partial charge in [0.05, 0.1) is 5.51 Å². The van der Waals surface area contributed by atoms with Crippen molar-refractivity contribution in [1.29, 1.82) is 0 Å². The number of unbranched alkanes of at least 4 members (excludes halogenated alkanes) is 2. The third-order valence-corrected chi connectivity index (χ3v) is 3.26. The fourth-order valence-corrected chi connectivity index (χ4v) is 2.19. The van der Waals surface area contributed by atoms with E-state index in [1.165, 1.54) is 29.9 Å². The molecule has 0 aliphatic rings. The van der Waals surface area contributed by atoms with E-state index in [-0.39, 0.29) is 5.91 Å². The number of thioether (sulfide) groups is 1. The first-order chi connectivity index (χ1) is 7.34. The number of carbonyl (C=O) groups is 1. The maximum atomic E-state index is 11.4. The predicted octanol–water partition coefficient (Wildman–Crippen LogP) is 2.41. The monoisotopic (exact) mass is 244 g/mol. The van der Waals surface area contributed by atoms with Gasteiger partial charge in [0.2, 0.25) is 0 Å². The van der Waals surface area contributed by atoms with Gasteiger partial charge in [-0.2, -0.15) is 11.8 Å². The van der Waals surface area contributed by atoms with Crippen molar-refractivity contribution in [2.75, 3.05) is 18.6 Å². The fraction of sp³-hybridized carbons (Fsp3) is 0.600. The van der Waals surface area contributed by atoms with Crippen LogP contribution in [0.4, 0.5) is 0 Å². The van der Waals surface area contributed by atoms with Crippen LogP contribution in [-0.4, -0.2) is 29.4 Å². The van der Waals surface area contributed by atoms with E-state index < -0.39 is 0 Å². The molecule has 0 aromatic carbocycles. The second kappa shape index (κ2) is 7.70. The number of carbonyl (C=O) groups excluding carboxylic acids is 1. The molecule has 1 N–H and O–H groups in total. The highest BCUT2D eigenvalue weighted by molar-refractivity contribution is 7.98. The summed E-state index contributed by atoms with van der Waals surface area (Å²) in [6.45, 7) is 0.755. The van der Waals surface area contributed by atoms with Crippen LogP contribution >= 0.6 is 23.1 Å². The third-order valence-electron chi connectivity index (χ3n) is 1.98. The molecule has 0 saturated carbocycles. The van der Waals surface area contributed by atoms with Crippen LogP contribution in [0.25, 0.3) is 0 Å². The van der Waals surface area contributed by atoms with Crippen molar-refractivity contribution >= 4 is 29.0 Å². The number of amides is 1. The zero-order valence-corrected chi connectivity index (χ0v) is 10.5. The predicted molar refractivity (Wildman–Crippen MR) is 66.7 cm³/mol. The molecule has 3 nitrogen and oxygen atoms in total. The Labute approximate surface area is 98.7 Å². The second-order valence-electron chi connectivity index (χ2n) is 3.18. The van der Waals surface area contributed by atoms with Gasteiger partial charge in [0.15, 0.2) is 0 Å². The molecule has 0 spiro atoms. The second-order valence-corrected chi connectivity index (χ2v) is 4.89. The van der Waals surface area contributed by atoms with Gasteiger partial charge >= 0.3 is 0 Å². The lowest BCUT2D eigenvalue weighted by molar-refractivity contribution is 0.0948. The number of aromatic nitrogens is 1. The van der Waals surface area contributed by atoms with Gasteiger partial charge in [0.25, 0.3) is 5.91 Å². The molecule has 0 aliphatic carbocycles. The molecule has 84 valence electrons. The highest BCUT2D eigenvalue weighted by atomic mass is 32.2. The van der Waals surface area contributed by atoms with Gasteiger partial charge in [0.1, 0.15) is 5.69 Å². The first-order valence-corrected chi connectivity index (χ1v) is 7.33. The number of hydrogen-bond donors (Lipinski definition) is 1. The number of rotatable bonds is 7. The van der Waals surface area contributed by atoms with E-state index >= 15 is 0 Å². The minimum Gasteiger partial charge on any atom is -0.351 e. The summed E-state index contributed by atoms with van der Waals surface area (Å²) in [5, 5.41) is 4.63. The Morgan fingerprint density at radius 1 is 1.53 bits per heavy atom. The molecule has 0 bridgehead atoms. The number of thiazole rings is 1. The molecule has 0 unspecified atom stereocenters. The van der Waals surface area contributed by atoms with E-state index in [1.807, 2.05) is 11.8 Å². The van der Waals surface area contributed by atoms with E-state index in [9.17, 15) is 4.79 Å². The average molecular weight is 244 g/mol. The van der Waals surface area contributed by atoms with Crippen LogP contribution in [0.15, 0.2) is 10.9 Å². The lowest BCUT2D eigenvalue weighted by Crippen LogP contribution is -2.24. The van der Waals surface area contributed by atoms with Crippen LogP contribution in [0.2, 0.25) is 0 Å². The molecule has 0 saturated heterocycles. The summed E-state index contributed by atoms with van der Waals surface area (Å²) in [6.07, 6.45) is 5.58. The van der Waals surface area contributed by atoms with Gasteiger partial charge in [-0.1, -0.05) is 6.42 Å². The van der Waals surface area contributed by atoms with Crippen molar-refractivity contribution < 1.29 is 4.79 Å². The Morgan fingerprint density at radius 3 is 3.07 bits per heavy atom. The average Bonchev–Trinajstić information content (AvgIpc) is 2.76. The summed E-state index contributed by atoms with van der Waals surface area (Å²) in [4.78, 5) is 15.4. The van der Waals surface area contributed by atoms with E-state index in [4.69, 9.17) is 0 Å². The molecule has 1 rings (SSSR count). The topological polar surface area (TPSA) is 42.0 Å². The molecular weight excluding hydrogens is 228 g/mol. The number of hydrogen-bond acceptors (Lipinski definition) is 4. The molecule has 1 heterocycles. The van der Waals surface area contributed by atoms with Crippen molar-refractivity contribution in [3.05, 3.63) is 16.6 Å². The Bertz CT molecular complexity index is 275. The highest BCUT2D eigenvalue weighted by Gasteiger charge is 2.05. The largest absolute Gasteiger partial charge is 0.351 e. The Morgan fingerprint density at radius 2 is 2.40 bits per heavy atom. The Balaban J connectivity index is 2.03. The van der Waals surface area contributed by atoms with Gasteiger partial charge in [-0.15, -0.1) is 11.3 Å². The summed E-state index contributed by atoms with van der Waals surface area (Å²) in [7, 11) is 0. The minimum absolute atomic E-state index is 0.0545. The lowest BCUT2D eigenvalue weighted by Gasteiger charge is -2.02. The van der Waals surface area contributed by atoms with Crippen LogP contribution in [0.3, 0.4) is 0 Å². The number of nitrogens with one attached hydrogen (secondary N) is 1. The Kier molecular flexibility index (Phi) is 6.43. The third kappa shape index (κ3) is 5.18. The quantitative estimate of drug-likeness (QED) is 0.749. The molecule has 5 heteroatoms. The van der Waals surface area contributed by atoms with E-state index in [0.717, 1.165) is 13.0 Å². The molecule has 0 radical (unpaired) electrons. The minimum atomic E-state index is -0.0545. The van der Waals surface area contributed by atoms with Crippen LogP contribution < -0.4 is 5.32 Å². The van der Waals surface area contributed by atoms with Crippen molar-refractivity contribution in [1.82, 2.24) is 10.3 Å². The van der Waals surface area contributed by atoms with Crippen LogP contribution in [-0.2, 0) is 0 Å². The van der Waals surface area contributed by atoms with Crippen LogP contribution in [0.1, 0.15) is 29.8 Å². The van der Waals surface area contributed by atoms with Gasteiger partial charge in [-0.05, 0) is 24.9 Å². The standard InChI is InChI=1S/C10H16N2OS2/c1-14-6-4-2-3-5-11-10(13)9-7-15-8-12-9/h7-8H,2-6H2,1H3,(H,11,13). The zero-order chi connectivity index (χ0) is 10.9. The smallest absolute Gasteiger partial charge is 0.270 e. The summed E-state index contributed by atoms with van der Waals surface area (Å²) >= 11 is 3.31. The van der Waals surface area contributed by atoms with Gasteiger partial charge in [0, 0.05) is 11.9 Å². The van der Waals surface area contributed by atoms with Crippen molar-refractivity contribution in [2.24, 2.45) is 0 Å². The summed E-state index contributed by atoms with van der Waals surface area (Å²) in [6, 6.07) is 0. The van der Waals surface area contributed by atoms with Crippen molar-refractivity contribution in [2.45, 2.75) is 19.3 Å². The van der Waals surface area contributed by atoms with E-state index in [1.54, 1.807) is 10.9 Å². The normalized spacial score (nSPS) is 10.2. The van der Waals surface area contributed by atoms with Crippen molar-refractivity contribution in [3.63, 3.8) is 0 Å². The SMILES string of the molecule is CSCCCCCNC(=O)c1cscn1. The van der Waals surface area contributed by atoms with Gasteiger partial charge in [-0.3, -0.25) is 4.79 Å². The lowest BCUT2D eigenvalue weighted by atomic mass is 10.2. The molecule has 1 amide bonds. The van der Waals surface area contributed by atoms with Crippen molar-refractivity contribution in [3.8, 4) is 0 Å². The molecule has 1 aromatic heterocycles. The Hall–Kier alpha value is -0.550. The first kappa shape index (κ1) is 12.5. The maximum Gasteiger partial charge on any atom is 0.270 e. The van der Waals surface area contributed by atoms with Crippen LogP contribution in [0, 0.1) is 0 Å². The van der Waals surface area contributed by atoms with E-state index in [0.29, 0.717) is 5.69 Å². The molecule has 1 aromatic rings. The summed E-state index contributed by atoms with van der Waals surface area (Å²) in [5.41, 5.74) is 2.21. The highest BCUT2D eigenvalue weighted by Crippen LogP contribution is 2.02. The molecular formula is C10H16N2OS2. The fourth-order valence-electron chi connectivity index (χ4n) is 1.17. The van der Waals surface area contributed by atoms with Gasteiger partial charge < -0.3 is 5.32 Å². The molecule has 0 atom stereocenters.